The lowest BCUT2D eigenvalue weighted by atomic mass is 9.90. The Kier molecular flexibility index (Phi) is 4.97. The standard InChI is InChI=1S/C23H26N2O2/c1-17-16-20(17)22(26)24-12-14-25(15-13-24)23(27)21(18-8-4-2-5-9-18)19-10-6-3-7-11-19/h2-11,17,20-21H,12-16H2,1H3/t17-,20+/m1/s1. The third kappa shape index (κ3) is 3.75. The van der Waals surface area contributed by atoms with E-state index in [1.165, 1.54) is 0 Å². The van der Waals surface area contributed by atoms with E-state index >= 15 is 0 Å². The van der Waals surface area contributed by atoms with E-state index in [2.05, 4.69) is 6.92 Å². The number of piperazine rings is 1. The first-order valence-electron chi connectivity index (χ1n) is 9.82. The highest BCUT2D eigenvalue weighted by Gasteiger charge is 2.42. The van der Waals surface area contributed by atoms with Crippen molar-refractivity contribution in [1.29, 1.82) is 0 Å². The molecule has 2 aromatic carbocycles. The Morgan fingerprint density at radius 1 is 0.815 bits per heavy atom. The van der Waals surface area contributed by atoms with Crippen LogP contribution in [0.2, 0.25) is 0 Å². The van der Waals surface area contributed by atoms with Crippen molar-refractivity contribution in [1.82, 2.24) is 9.80 Å². The highest BCUT2D eigenvalue weighted by atomic mass is 16.2. The Morgan fingerprint density at radius 2 is 1.26 bits per heavy atom. The molecular weight excluding hydrogens is 336 g/mol. The first-order chi connectivity index (χ1) is 13.1. The second kappa shape index (κ2) is 7.55. The highest BCUT2D eigenvalue weighted by Crippen LogP contribution is 2.39. The van der Waals surface area contributed by atoms with Gasteiger partial charge in [-0.15, -0.1) is 0 Å². The normalized spacial score (nSPS) is 22.0. The van der Waals surface area contributed by atoms with Gasteiger partial charge in [-0.1, -0.05) is 67.6 Å². The van der Waals surface area contributed by atoms with Crippen molar-refractivity contribution < 1.29 is 9.59 Å². The summed E-state index contributed by atoms with van der Waals surface area (Å²) in [5.41, 5.74) is 2.03. The first kappa shape index (κ1) is 17.8. The largest absolute Gasteiger partial charge is 0.339 e. The predicted octanol–water partition coefficient (Wildman–Crippen LogP) is 3.15. The van der Waals surface area contributed by atoms with E-state index in [0.717, 1.165) is 17.5 Å². The molecule has 2 amide bonds. The maximum absolute atomic E-state index is 13.4. The van der Waals surface area contributed by atoms with Gasteiger partial charge in [0.15, 0.2) is 0 Å². The van der Waals surface area contributed by atoms with Crippen molar-refractivity contribution in [3.8, 4) is 0 Å². The van der Waals surface area contributed by atoms with Crippen molar-refractivity contribution >= 4 is 11.8 Å². The van der Waals surface area contributed by atoms with E-state index < -0.39 is 0 Å². The Hall–Kier alpha value is -2.62. The predicted molar refractivity (Wildman–Crippen MR) is 105 cm³/mol. The summed E-state index contributed by atoms with van der Waals surface area (Å²) in [5.74, 6) is 0.848. The molecule has 2 atom stereocenters. The van der Waals surface area contributed by atoms with Crippen LogP contribution < -0.4 is 0 Å². The van der Waals surface area contributed by atoms with Gasteiger partial charge >= 0.3 is 0 Å². The van der Waals surface area contributed by atoms with Crippen molar-refractivity contribution in [3.05, 3.63) is 71.8 Å². The summed E-state index contributed by atoms with van der Waals surface area (Å²) in [5, 5.41) is 0. The Morgan fingerprint density at radius 3 is 1.70 bits per heavy atom. The van der Waals surface area contributed by atoms with Gasteiger partial charge in [0, 0.05) is 32.1 Å². The minimum atomic E-state index is -0.293. The van der Waals surface area contributed by atoms with E-state index in [-0.39, 0.29) is 23.7 Å². The Balaban J connectivity index is 1.49. The van der Waals surface area contributed by atoms with Crippen LogP contribution >= 0.6 is 0 Å². The lowest BCUT2D eigenvalue weighted by Crippen LogP contribution is -2.52. The van der Waals surface area contributed by atoms with Crippen molar-refractivity contribution in [3.63, 3.8) is 0 Å². The molecule has 140 valence electrons. The summed E-state index contributed by atoms with van der Waals surface area (Å²) in [6.45, 7) is 4.64. The molecule has 27 heavy (non-hydrogen) atoms. The van der Waals surface area contributed by atoms with E-state index in [9.17, 15) is 9.59 Å². The van der Waals surface area contributed by atoms with Crippen LogP contribution in [-0.2, 0) is 9.59 Å². The van der Waals surface area contributed by atoms with Crippen molar-refractivity contribution in [2.24, 2.45) is 11.8 Å². The number of hydrogen-bond acceptors (Lipinski definition) is 2. The zero-order valence-electron chi connectivity index (χ0n) is 15.8. The smallest absolute Gasteiger partial charge is 0.234 e. The molecule has 4 rings (SSSR count). The SMILES string of the molecule is C[C@@H]1C[C@@H]1C(=O)N1CCN(C(=O)C(c2ccccc2)c2ccccc2)CC1. The fourth-order valence-electron chi connectivity index (χ4n) is 4.00. The second-order valence-corrected chi connectivity index (χ2v) is 7.72. The Bertz CT molecular complexity index is 758. The Labute approximate surface area is 160 Å². The molecule has 2 aromatic rings. The van der Waals surface area contributed by atoms with E-state index in [0.29, 0.717) is 32.1 Å². The lowest BCUT2D eigenvalue weighted by Gasteiger charge is -2.37. The molecule has 1 saturated carbocycles. The van der Waals surface area contributed by atoms with Gasteiger partial charge in [0.1, 0.15) is 0 Å². The minimum absolute atomic E-state index is 0.124. The first-order valence-corrected chi connectivity index (χ1v) is 9.82. The third-order valence-corrected chi connectivity index (χ3v) is 5.84. The number of carbonyl (C=O) groups excluding carboxylic acids is 2. The summed E-state index contributed by atoms with van der Waals surface area (Å²) >= 11 is 0. The van der Waals surface area contributed by atoms with E-state index in [1.54, 1.807) is 0 Å². The molecule has 1 aliphatic heterocycles. The summed E-state index contributed by atoms with van der Waals surface area (Å²) in [6.07, 6.45) is 1.02. The minimum Gasteiger partial charge on any atom is -0.339 e. The molecular formula is C23H26N2O2. The molecule has 1 saturated heterocycles. The molecule has 1 heterocycles. The summed E-state index contributed by atoms with van der Waals surface area (Å²) in [4.78, 5) is 29.7. The lowest BCUT2D eigenvalue weighted by molar-refractivity contribution is -0.140. The van der Waals surface area contributed by atoms with Crippen LogP contribution in [0.25, 0.3) is 0 Å². The van der Waals surface area contributed by atoms with Gasteiger partial charge < -0.3 is 9.80 Å². The van der Waals surface area contributed by atoms with Crippen LogP contribution in [0.15, 0.2) is 60.7 Å². The molecule has 0 N–H and O–H groups in total. The summed E-state index contributed by atoms with van der Waals surface area (Å²) in [6, 6.07) is 19.9. The molecule has 0 bridgehead atoms. The highest BCUT2D eigenvalue weighted by molar-refractivity contribution is 5.88. The van der Waals surface area contributed by atoms with Gasteiger partial charge in [-0.3, -0.25) is 9.59 Å². The maximum Gasteiger partial charge on any atom is 0.234 e. The van der Waals surface area contributed by atoms with Crippen LogP contribution in [0.1, 0.15) is 30.4 Å². The van der Waals surface area contributed by atoms with E-state index in [1.807, 2.05) is 70.5 Å². The van der Waals surface area contributed by atoms with Gasteiger partial charge in [-0.05, 0) is 23.5 Å². The molecule has 0 unspecified atom stereocenters. The van der Waals surface area contributed by atoms with Gasteiger partial charge in [0.25, 0.3) is 0 Å². The van der Waals surface area contributed by atoms with Crippen molar-refractivity contribution in [2.45, 2.75) is 19.3 Å². The van der Waals surface area contributed by atoms with Crippen LogP contribution in [0.3, 0.4) is 0 Å². The topological polar surface area (TPSA) is 40.6 Å². The quantitative estimate of drug-likeness (QED) is 0.838. The number of amides is 2. The molecule has 4 heteroatoms. The molecule has 1 aliphatic carbocycles. The van der Waals surface area contributed by atoms with Crippen LogP contribution in [-0.4, -0.2) is 47.8 Å². The monoisotopic (exact) mass is 362 g/mol. The van der Waals surface area contributed by atoms with Crippen molar-refractivity contribution in [2.75, 3.05) is 26.2 Å². The van der Waals surface area contributed by atoms with Gasteiger partial charge in [-0.2, -0.15) is 0 Å². The average molecular weight is 362 g/mol. The summed E-state index contributed by atoms with van der Waals surface area (Å²) in [7, 11) is 0. The number of carbonyl (C=O) groups is 2. The molecule has 0 radical (unpaired) electrons. The zero-order chi connectivity index (χ0) is 18.8. The molecule has 4 nitrogen and oxygen atoms in total. The fraction of sp³-hybridized carbons (Fsp3) is 0.391. The molecule has 0 aromatic heterocycles. The van der Waals surface area contributed by atoms with Crippen LogP contribution in [0.5, 0.6) is 0 Å². The van der Waals surface area contributed by atoms with Crippen LogP contribution in [0, 0.1) is 11.8 Å². The number of hydrogen-bond donors (Lipinski definition) is 0. The maximum atomic E-state index is 13.4. The number of rotatable bonds is 4. The van der Waals surface area contributed by atoms with Gasteiger partial charge in [-0.25, -0.2) is 0 Å². The second-order valence-electron chi connectivity index (χ2n) is 7.72. The number of benzene rings is 2. The molecule has 2 fully saturated rings. The average Bonchev–Trinajstić information content (AvgIpc) is 3.46. The summed E-state index contributed by atoms with van der Waals surface area (Å²) < 4.78 is 0. The van der Waals surface area contributed by atoms with E-state index in [4.69, 9.17) is 0 Å². The third-order valence-electron chi connectivity index (χ3n) is 5.84. The fourth-order valence-corrected chi connectivity index (χ4v) is 4.00. The molecule has 2 aliphatic rings. The van der Waals surface area contributed by atoms with Gasteiger partial charge in [0.05, 0.1) is 5.92 Å². The van der Waals surface area contributed by atoms with Crippen LogP contribution in [0.4, 0.5) is 0 Å². The zero-order valence-corrected chi connectivity index (χ0v) is 15.8. The number of nitrogens with zero attached hydrogens (tertiary/aromatic N) is 2. The molecule has 0 spiro atoms. The van der Waals surface area contributed by atoms with Gasteiger partial charge in [0.2, 0.25) is 11.8 Å².